The Hall–Kier alpha value is -1.00. The normalized spacial score (nSPS) is 14.9. The van der Waals surface area contributed by atoms with Crippen LogP contribution in [0.25, 0.3) is 0 Å². The van der Waals surface area contributed by atoms with Crippen molar-refractivity contribution >= 4 is 0 Å². The summed E-state index contributed by atoms with van der Waals surface area (Å²) in [5.41, 5.74) is -0.00453. The molecule has 4 heteroatoms. The van der Waals surface area contributed by atoms with Crippen molar-refractivity contribution in [2.24, 2.45) is 0 Å². The molecule has 1 rings (SSSR count). The number of hydrogen-bond donors (Lipinski definition) is 1. The molecule has 0 aromatic heterocycles. The first-order valence-corrected chi connectivity index (χ1v) is 5.18. The topological polar surface area (TPSA) is 29.5 Å². The van der Waals surface area contributed by atoms with E-state index in [2.05, 4.69) is 0 Å². The summed E-state index contributed by atoms with van der Waals surface area (Å²) in [4.78, 5) is 0. The molecule has 0 spiro atoms. The molecule has 0 bridgehead atoms. The van der Waals surface area contributed by atoms with Crippen LogP contribution in [0.1, 0.15) is 30.6 Å². The fourth-order valence-electron chi connectivity index (χ4n) is 1.65. The van der Waals surface area contributed by atoms with Gasteiger partial charge >= 0.3 is 0 Å². The highest BCUT2D eigenvalue weighted by molar-refractivity contribution is 5.29. The molecule has 2 nitrogen and oxygen atoms in total. The predicted octanol–water partition coefficient (Wildman–Crippen LogP) is 2.73. The molecule has 0 saturated carbocycles. The molecule has 2 unspecified atom stereocenters. The molecular weight excluding hydrogens is 214 g/mol. The molecule has 0 fully saturated rings. The Balaban J connectivity index is 3.16. The number of rotatable bonds is 4. The van der Waals surface area contributed by atoms with Gasteiger partial charge in [-0.1, -0.05) is 13.0 Å². The van der Waals surface area contributed by atoms with Gasteiger partial charge in [0.1, 0.15) is 17.7 Å². The molecule has 90 valence electrons. The van der Waals surface area contributed by atoms with Crippen molar-refractivity contribution in [3.8, 4) is 0 Å². The molecule has 1 aromatic rings. The van der Waals surface area contributed by atoms with Crippen molar-refractivity contribution in [2.45, 2.75) is 32.5 Å². The molecular formula is C12H16F2O2. The van der Waals surface area contributed by atoms with E-state index in [0.29, 0.717) is 12.0 Å². The highest BCUT2D eigenvalue weighted by Crippen LogP contribution is 2.27. The zero-order chi connectivity index (χ0) is 12.3. The zero-order valence-corrected chi connectivity index (χ0v) is 9.63. The smallest absolute Gasteiger partial charge is 0.134 e. The van der Waals surface area contributed by atoms with Gasteiger partial charge < -0.3 is 9.84 Å². The van der Waals surface area contributed by atoms with E-state index in [9.17, 15) is 13.9 Å². The molecule has 1 N–H and O–H groups in total. The van der Waals surface area contributed by atoms with E-state index in [1.807, 2.05) is 0 Å². The number of ether oxygens (including phenoxy) is 1. The molecule has 1 aromatic carbocycles. The lowest BCUT2D eigenvalue weighted by atomic mass is 9.99. The molecule has 0 amide bonds. The highest BCUT2D eigenvalue weighted by atomic mass is 19.1. The number of aliphatic hydroxyl groups is 1. The van der Waals surface area contributed by atoms with Gasteiger partial charge in [-0.3, -0.25) is 0 Å². The van der Waals surface area contributed by atoms with Gasteiger partial charge in [-0.15, -0.1) is 0 Å². The zero-order valence-electron chi connectivity index (χ0n) is 9.63. The van der Waals surface area contributed by atoms with E-state index in [0.717, 1.165) is 6.07 Å². The fraction of sp³-hybridized carbons (Fsp3) is 0.500. The van der Waals surface area contributed by atoms with Gasteiger partial charge in [0.2, 0.25) is 0 Å². The van der Waals surface area contributed by atoms with Crippen LogP contribution < -0.4 is 0 Å². The van der Waals surface area contributed by atoms with E-state index in [1.54, 1.807) is 6.92 Å². The van der Waals surface area contributed by atoms with Crippen LogP contribution in [0.2, 0.25) is 0 Å². The van der Waals surface area contributed by atoms with E-state index >= 15 is 0 Å². The molecule has 0 aliphatic carbocycles. The van der Waals surface area contributed by atoms with Crippen LogP contribution in [0.3, 0.4) is 0 Å². The second-order valence-corrected chi connectivity index (χ2v) is 3.72. The largest absolute Gasteiger partial charge is 0.385 e. The summed E-state index contributed by atoms with van der Waals surface area (Å²) in [5, 5.41) is 9.86. The van der Waals surface area contributed by atoms with Crippen LogP contribution in [0.4, 0.5) is 8.78 Å². The minimum atomic E-state index is -1.28. The third-order valence-corrected chi connectivity index (χ3v) is 2.67. The second kappa shape index (κ2) is 5.37. The number of benzene rings is 1. The van der Waals surface area contributed by atoms with Gasteiger partial charge in [0.15, 0.2) is 0 Å². The SMILES string of the molecule is CCC(OC)C(O)c1c(F)ccc(C)c1F. The van der Waals surface area contributed by atoms with Crippen molar-refractivity contribution in [3.63, 3.8) is 0 Å². The second-order valence-electron chi connectivity index (χ2n) is 3.72. The Morgan fingerprint density at radius 2 is 2.00 bits per heavy atom. The maximum atomic E-state index is 13.7. The molecule has 0 heterocycles. The number of aryl methyl sites for hydroxylation is 1. The van der Waals surface area contributed by atoms with E-state index in [-0.39, 0.29) is 5.56 Å². The Kier molecular flexibility index (Phi) is 4.38. The Morgan fingerprint density at radius 1 is 1.38 bits per heavy atom. The van der Waals surface area contributed by atoms with Crippen LogP contribution in [0, 0.1) is 18.6 Å². The quantitative estimate of drug-likeness (QED) is 0.861. The Labute approximate surface area is 93.9 Å². The molecule has 0 aliphatic rings. The molecule has 16 heavy (non-hydrogen) atoms. The molecule has 0 aliphatic heterocycles. The van der Waals surface area contributed by atoms with E-state index < -0.39 is 23.8 Å². The van der Waals surface area contributed by atoms with Crippen LogP contribution in [0.5, 0.6) is 0 Å². The highest BCUT2D eigenvalue weighted by Gasteiger charge is 2.26. The van der Waals surface area contributed by atoms with Crippen LogP contribution >= 0.6 is 0 Å². The van der Waals surface area contributed by atoms with Crippen LogP contribution in [-0.4, -0.2) is 18.3 Å². The van der Waals surface area contributed by atoms with Gasteiger partial charge in [-0.25, -0.2) is 8.78 Å². The van der Waals surface area contributed by atoms with Crippen molar-refractivity contribution in [3.05, 3.63) is 34.9 Å². The van der Waals surface area contributed by atoms with Gasteiger partial charge in [0.25, 0.3) is 0 Å². The third-order valence-electron chi connectivity index (χ3n) is 2.67. The maximum Gasteiger partial charge on any atom is 0.134 e. The first-order valence-electron chi connectivity index (χ1n) is 5.18. The average Bonchev–Trinajstić information content (AvgIpc) is 2.26. The summed E-state index contributed by atoms with van der Waals surface area (Å²) in [6.45, 7) is 3.31. The summed E-state index contributed by atoms with van der Waals surface area (Å²) in [5.74, 6) is -1.45. The fourth-order valence-corrected chi connectivity index (χ4v) is 1.65. The predicted molar refractivity (Wildman–Crippen MR) is 57.1 cm³/mol. The van der Waals surface area contributed by atoms with Gasteiger partial charge in [-0.05, 0) is 25.0 Å². The van der Waals surface area contributed by atoms with Crippen molar-refractivity contribution < 1.29 is 18.6 Å². The Bertz CT molecular complexity index is 362. The minimum Gasteiger partial charge on any atom is -0.385 e. The van der Waals surface area contributed by atoms with Gasteiger partial charge in [0, 0.05) is 7.11 Å². The van der Waals surface area contributed by atoms with E-state index in [1.165, 1.54) is 20.1 Å². The minimum absolute atomic E-state index is 0.307. The average molecular weight is 230 g/mol. The standard InChI is InChI=1S/C12H16F2O2/c1-4-9(16-3)12(15)10-8(13)6-5-7(2)11(10)14/h5-6,9,12,15H,4H2,1-3H3. The van der Waals surface area contributed by atoms with Crippen LogP contribution in [0.15, 0.2) is 12.1 Å². The number of hydrogen-bond acceptors (Lipinski definition) is 2. The van der Waals surface area contributed by atoms with Crippen molar-refractivity contribution in [1.29, 1.82) is 0 Å². The summed E-state index contributed by atoms with van der Waals surface area (Å²) in [7, 11) is 1.41. The number of aliphatic hydroxyl groups excluding tert-OH is 1. The lowest BCUT2D eigenvalue weighted by molar-refractivity contribution is -0.0182. The molecule has 0 radical (unpaired) electrons. The van der Waals surface area contributed by atoms with Crippen molar-refractivity contribution in [1.82, 2.24) is 0 Å². The first-order chi connectivity index (χ1) is 7.52. The monoisotopic (exact) mass is 230 g/mol. The molecule has 2 atom stereocenters. The van der Waals surface area contributed by atoms with Crippen molar-refractivity contribution in [2.75, 3.05) is 7.11 Å². The number of halogens is 2. The van der Waals surface area contributed by atoms with Gasteiger partial charge in [0.05, 0.1) is 11.7 Å². The summed E-state index contributed by atoms with van der Waals surface area (Å²) in [6, 6.07) is 2.49. The summed E-state index contributed by atoms with van der Waals surface area (Å²) < 4.78 is 32.1. The third kappa shape index (κ3) is 2.39. The first kappa shape index (κ1) is 13.1. The Morgan fingerprint density at radius 3 is 2.50 bits per heavy atom. The lowest BCUT2D eigenvalue weighted by Gasteiger charge is -2.21. The summed E-state index contributed by atoms with van der Waals surface area (Å²) >= 11 is 0. The number of methoxy groups -OCH3 is 1. The summed E-state index contributed by atoms with van der Waals surface area (Å²) in [6.07, 6.45) is -1.41. The van der Waals surface area contributed by atoms with Gasteiger partial charge in [-0.2, -0.15) is 0 Å². The molecule has 0 saturated heterocycles. The lowest BCUT2D eigenvalue weighted by Crippen LogP contribution is -2.22. The van der Waals surface area contributed by atoms with Crippen LogP contribution in [-0.2, 0) is 4.74 Å². The van der Waals surface area contributed by atoms with E-state index in [4.69, 9.17) is 4.74 Å². The maximum absolute atomic E-state index is 13.7.